The minimum atomic E-state index is -1.47. The van der Waals surface area contributed by atoms with Crippen molar-refractivity contribution < 1.29 is 63.5 Å². The summed E-state index contributed by atoms with van der Waals surface area (Å²) in [6.07, 6.45) is 12.5. The molecule has 4 aliphatic rings. The van der Waals surface area contributed by atoms with Gasteiger partial charge in [0, 0.05) is 18.8 Å². The highest BCUT2D eigenvalue weighted by molar-refractivity contribution is 5.68. The number of methoxy groups -OCH3 is 1. The summed E-state index contributed by atoms with van der Waals surface area (Å²) in [5.74, 6) is -1.25. The van der Waals surface area contributed by atoms with Crippen molar-refractivity contribution >= 4 is 24.5 Å². The number of carboxylic acid groups (broad SMARTS) is 2. The Morgan fingerprint density at radius 2 is 1.60 bits per heavy atom. The Labute approximate surface area is 280 Å². The van der Waals surface area contributed by atoms with Crippen LogP contribution in [0.15, 0.2) is 24.2 Å². The van der Waals surface area contributed by atoms with Gasteiger partial charge in [0.1, 0.15) is 24.3 Å². The van der Waals surface area contributed by atoms with Crippen molar-refractivity contribution in [1.29, 1.82) is 0 Å². The van der Waals surface area contributed by atoms with Gasteiger partial charge in [-0.3, -0.25) is 19.3 Å². The smallest absolute Gasteiger partial charge is 0.303 e. The number of carboxylic acids is 2. The van der Waals surface area contributed by atoms with Gasteiger partial charge in [-0.15, -0.1) is 0 Å². The molecule has 270 valence electrons. The van der Waals surface area contributed by atoms with Crippen LogP contribution in [-0.4, -0.2) is 88.4 Å². The molecule has 10 atom stereocenters. The first kappa shape index (κ1) is 40.7. The van der Waals surface area contributed by atoms with Gasteiger partial charge in [0.2, 0.25) is 12.6 Å². The topological polar surface area (TPSA) is 219 Å². The first-order valence-corrected chi connectivity index (χ1v) is 15.9. The summed E-state index contributed by atoms with van der Waals surface area (Å²) < 4.78 is 15.1. The molecule has 0 saturated heterocycles. The second kappa shape index (κ2) is 18.9. The number of hydrogen-bond donors (Lipinski definition) is 6. The lowest BCUT2D eigenvalue weighted by Gasteiger charge is -2.41. The number of aldehydes is 2. The third-order valence-corrected chi connectivity index (χ3v) is 9.21. The maximum absolute atomic E-state index is 11.0. The molecule has 1 unspecified atom stereocenters. The van der Waals surface area contributed by atoms with Gasteiger partial charge >= 0.3 is 11.9 Å². The Balaban J connectivity index is 0.000000301. The van der Waals surface area contributed by atoms with Crippen molar-refractivity contribution in [2.45, 2.75) is 109 Å². The number of carbonyl (C=O) groups excluding carboxylic acids is 2. The molecule has 4 rings (SSSR count). The monoisotopic (exact) mass is 682 g/mol. The molecule has 2 heterocycles. The Hall–Kier alpha value is -3.52. The Morgan fingerprint density at radius 3 is 2.10 bits per heavy atom. The Kier molecular flexibility index (Phi) is 16.0. The van der Waals surface area contributed by atoms with E-state index in [4.69, 9.17) is 29.4 Å². The highest BCUT2D eigenvalue weighted by atomic mass is 16.8. The van der Waals surface area contributed by atoms with Crippen molar-refractivity contribution in [3.8, 4) is 12.5 Å². The zero-order chi connectivity index (χ0) is 36.1. The van der Waals surface area contributed by atoms with Crippen LogP contribution in [0.2, 0.25) is 0 Å². The summed E-state index contributed by atoms with van der Waals surface area (Å²) in [7, 11) is 1.44. The third-order valence-electron chi connectivity index (χ3n) is 9.21. The number of fused-ring (bicyclic) bond motifs is 2. The van der Waals surface area contributed by atoms with Crippen molar-refractivity contribution in [2.75, 3.05) is 7.11 Å². The second-order valence-electron chi connectivity index (χ2n) is 13.1. The number of hydroxylamine groups is 2. The van der Waals surface area contributed by atoms with E-state index in [0.717, 1.165) is 12.8 Å². The van der Waals surface area contributed by atoms with Crippen molar-refractivity contribution in [3.63, 3.8) is 0 Å². The molecule has 2 fully saturated rings. The maximum atomic E-state index is 11.0. The van der Waals surface area contributed by atoms with Crippen LogP contribution in [0.3, 0.4) is 0 Å². The van der Waals surface area contributed by atoms with Crippen molar-refractivity contribution in [1.82, 2.24) is 11.0 Å². The molecular weight excluding hydrogens is 632 g/mol. The molecule has 0 aromatic carbocycles. The first-order valence-electron chi connectivity index (χ1n) is 15.9. The molecule has 15 heteroatoms. The van der Waals surface area contributed by atoms with Gasteiger partial charge in [-0.25, -0.2) is 0 Å². The van der Waals surface area contributed by atoms with Crippen molar-refractivity contribution in [2.24, 2.45) is 29.1 Å². The van der Waals surface area contributed by atoms with E-state index in [9.17, 15) is 29.4 Å². The van der Waals surface area contributed by atoms with Crippen LogP contribution in [0, 0.1) is 41.6 Å². The fourth-order valence-corrected chi connectivity index (χ4v) is 6.67. The Bertz CT molecular complexity index is 1180. The van der Waals surface area contributed by atoms with E-state index in [1.165, 1.54) is 25.0 Å². The number of nitrogens with one attached hydrogen (secondary N) is 2. The summed E-state index contributed by atoms with van der Waals surface area (Å²) in [5.41, 5.74) is 4.47. The first-order chi connectivity index (χ1) is 22.6. The Morgan fingerprint density at radius 1 is 1.06 bits per heavy atom. The molecule has 0 spiro atoms. The lowest BCUT2D eigenvalue weighted by Crippen LogP contribution is -2.53. The minimum absolute atomic E-state index is 0.0718. The van der Waals surface area contributed by atoms with Gasteiger partial charge in [-0.1, -0.05) is 27.2 Å². The number of aliphatic hydroxyl groups excluding tert-OH is 1. The summed E-state index contributed by atoms with van der Waals surface area (Å²) in [4.78, 5) is 54.0. The van der Waals surface area contributed by atoms with E-state index in [1.807, 2.05) is 20.0 Å². The molecule has 0 aromatic rings. The molecule has 48 heavy (non-hydrogen) atoms. The van der Waals surface area contributed by atoms with Crippen LogP contribution >= 0.6 is 0 Å². The average Bonchev–Trinajstić information content (AvgIpc) is 3.52. The predicted molar refractivity (Wildman–Crippen MR) is 169 cm³/mol. The fourth-order valence-electron chi connectivity index (χ4n) is 6.67. The summed E-state index contributed by atoms with van der Waals surface area (Å²) in [6.45, 7) is 8.03. The quantitative estimate of drug-likeness (QED) is 0.0877. The minimum Gasteiger partial charge on any atom is -0.481 e. The van der Waals surface area contributed by atoms with Crippen LogP contribution < -0.4 is 11.0 Å². The molecule has 2 saturated carbocycles. The number of terminal acetylenes is 1. The molecule has 0 aromatic heterocycles. The predicted octanol–water partition coefficient (Wildman–Crippen LogP) is 2.03. The molecule has 15 nitrogen and oxygen atoms in total. The lowest BCUT2D eigenvalue weighted by molar-refractivity contribution is -0.240. The summed E-state index contributed by atoms with van der Waals surface area (Å²) in [6, 6.07) is -1.44. The molecule has 0 amide bonds. The van der Waals surface area contributed by atoms with E-state index < -0.39 is 59.6 Å². The van der Waals surface area contributed by atoms with E-state index in [0.29, 0.717) is 30.8 Å². The number of aliphatic hydroxyl groups is 2. The largest absolute Gasteiger partial charge is 0.481 e. The van der Waals surface area contributed by atoms with Crippen LogP contribution in [0.5, 0.6) is 0 Å². The summed E-state index contributed by atoms with van der Waals surface area (Å²) in [5, 5.41) is 38.2. The number of carbonyl (C=O) groups is 4. The molecule has 2 aliphatic carbocycles. The van der Waals surface area contributed by atoms with E-state index in [2.05, 4.69) is 36.0 Å². The van der Waals surface area contributed by atoms with Crippen molar-refractivity contribution in [3.05, 3.63) is 24.2 Å². The third kappa shape index (κ3) is 11.0. The van der Waals surface area contributed by atoms with Gasteiger partial charge in [0.15, 0.2) is 0 Å². The van der Waals surface area contributed by atoms with Gasteiger partial charge in [-0.05, 0) is 67.9 Å². The van der Waals surface area contributed by atoms with Gasteiger partial charge in [-0.2, -0.15) is 11.0 Å². The molecule has 0 bridgehead atoms. The molecule has 0 radical (unpaired) electrons. The zero-order valence-corrected chi connectivity index (χ0v) is 28.1. The van der Waals surface area contributed by atoms with Gasteiger partial charge < -0.3 is 44.2 Å². The normalized spacial score (nSPS) is 32.0. The van der Waals surface area contributed by atoms with Crippen LogP contribution in [-0.2, 0) is 43.1 Å². The number of ether oxygens (including phenoxy) is 3. The highest BCUT2D eigenvalue weighted by Gasteiger charge is 2.62. The number of hydrogen-bond acceptors (Lipinski definition) is 13. The van der Waals surface area contributed by atoms with Crippen LogP contribution in [0.1, 0.15) is 72.6 Å². The summed E-state index contributed by atoms with van der Waals surface area (Å²) >= 11 is 0. The lowest BCUT2D eigenvalue weighted by atomic mass is 9.75. The SMILES string of the molecule is C#COC.CC1(C)C[C@@H](O)[C@]2(O)C=CO[C@@H](ON[C@@H](C=O)CCC(=O)O)[C@H]12.CC1=CO[C@@H](ON[C@@H](C=O)CCC(=O)O)[C@H]2C(C)CC[C@@H]12. The van der Waals surface area contributed by atoms with Crippen LogP contribution in [0.4, 0.5) is 0 Å². The van der Waals surface area contributed by atoms with Gasteiger partial charge in [0.25, 0.3) is 0 Å². The number of allylic oxidation sites excluding steroid dienone is 1. The number of aliphatic carboxylic acids is 2. The standard InChI is InChI=1S/C15H23NO7.C15H23NO5.C3H4O/c1-14(2)7-10(18)15(21)5-6-22-13(12(14)15)23-16-9(8-17)3-4-11(19)20;1-9-3-5-12-10(2)8-20-15(14(9)12)21-16-11(7-17)4-6-13(18)19;1-3-4-2/h5-6,8-10,12-13,16,18,21H,3-4,7H2,1-2H3,(H,19,20);7-9,11-12,14-16H,3-6H2,1-2H3,(H,18,19);1H,2H3/t9-,10-,12-,13+,15-;9?,11-,12+,14+,15+;/m11./s1. The van der Waals surface area contributed by atoms with Crippen LogP contribution in [0.25, 0.3) is 0 Å². The van der Waals surface area contributed by atoms with E-state index >= 15 is 0 Å². The fraction of sp³-hybridized carbons (Fsp3) is 0.697. The zero-order valence-electron chi connectivity index (χ0n) is 28.1. The second-order valence-corrected chi connectivity index (χ2v) is 13.1. The van der Waals surface area contributed by atoms with E-state index in [-0.39, 0.29) is 31.6 Å². The van der Waals surface area contributed by atoms with Gasteiger partial charge in [0.05, 0.1) is 43.7 Å². The number of rotatable bonds is 14. The molecular formula is C33H50N2O13. The molecule has 2 aliphatic heterocycles. The van der Waals surface area contributed by atoms with E-state index in [1.54, 1.807) is 6.26 Å². The average molecular weight is 683 g/mol. The molecule has 6 N–H and O–H groups in total. The highest BCUT2D eigenvalue weighted by Crippen LogP contribution is 2.53. The maximum Gasteiger partial charge on any atom is 0.303 e.